The Kier molecular flexibility index (Phi) is 5.94. The van der Waals surface area contributed by atoms with E-state index in [4.69, 9.17) is 4.98 Å². The number of benzene rings is 1. The Morgan fingerprint density at radius 1 is 1.03 bits per heavy atom. The Labute approximate surface area is 190 Å². The van der Waals surface area contributed by atoms with E-state index >= 15 is 0 Å². The summed E-state index contributed by atoms with van der Waals surface area (Å²) in [4.78, 5) is 38.7. The molecule has 1 unspecified atom stereocenters. The lowest BCUT2D eigenvalue weighted by molar-refractivity contribution is -0.136. The average Bonchev–Trinajstić information content (AvgIpc) is 3.17. The SMILES string of the molecule is O=C1CCCCN1CCCC(=O)N1CCCC2(CCc3cnc(-c4ccccc4)nc32)C1. The van der Waals surface area contributed by atoms with Crippen LogP contribution in [0.4, 0.5) is 0 Å². The number of hydrogen-bond donors (Lipinski definition) is 0. The number of carbonyl (C=O) groups is 2. The van der Waals surface area contributed by atoms with Gasteiger partial charge in [0.1, 0.15) is 0 Å². The fourth-order valence-electron chi connectivity index (χ4n) is 5.69. The van der Waals surface area contributed by atoms with Gasteiger partial charge in [-0.1, -0.05) is 30.3 Å². The predicted octanol–water partition coefficient (Wildman–Crippen LogP) is 3.74. The van der Waals surface area contributed by atoms with E-state index in [9.17, 15) is 9.59 Å². The number of nitrogens with zero attached hydrogens (tertiary/aromatic N) is 4. The summed E-state index contributed by atoms with van der Waals surface area (Å²) < 4.78 is 0. The van der Waals surface area contributed by atoms with E-state index in [-0.39, 0.29) is 17.2 Å². The van der Waals surface area contributed by atoms with Crippen LogP contribution in [0.2, 0.25) is 0 Å². The number of hydrogen-bond acceptors (Lipinski definition) is 4. The van der Waals surface area contributed by atoms with Gasteiger partial charge in [-0.05, 0) is 50.5 Å². The molecule has 2 aliphatic heterocycles. The smallest absolute Gasteiger partial charge is 0.222 e. The molecule has 1 aromatic heterocycles. The normalized spacial score (nSPS) is 22.9. The summed E-state index contributed by atoms with van der Waals surface area (Å²) >= 11 is 0. The summed E-state index contributed by atoms with van der Waals surface area (Å²) in [5.74, 6) is 1.25. The molecule has 32 heavy (non-hydrogen) atoms. The van der Waals surface area contributed by atoms with Gasteiger partial charge in [-0.2, -0.15) is 0 Å². The lowest BCUT2D eigenvalue weighted by Gasteiger charge is -2.40. The molecule has 5 rings (SSSR count). The molecule has 6 nitrogen and oxygen atoms in total. The van der Waals surface area contributed by atoms with Gasteiger partial charge in [-0.15, -0.1) is 0 Å². The van der Waals surface area contributed by atoms with Crippen molar-refractivity contribution in [2.24, 2.45) is 0 Å². The zero-order chi connectivity index (χ0) is 22.0. The Hall–Kier alpha value is -2.76. The van der Waals surface area contributed by atoms with E-state index in [0.717, 1.165) is 81.7 Å². The highest BCUT2D eigenvalue weighted by Gasteiger charge is 2.44. The first-order valence-corrected chi connectivity index (χ1v) is 12.1. The van der Waals surface area contributed by atoms with Gasteiger partial charge in [0.15, 0.2) is 5.82 Å². The molecule has 1 aromatic carbocycles. The average molecular weight is 433 g/mol. The van der Waals surface area contributed by atoms with Crippen molar-refractivity contribution in [3.63, 3.8) is 0 Å². The fourth-order valence-corrected chi connectivity index (χ4v) is 5.69. The molecule has 2 saturated heterocycles. The summed E-state index contributed by atoms with van der Waals surface area (Å²) in [6.07, 6.45) is 10.1. The topological polar surface area (TPSA) is 66.4 Å². The van der Waals surface area contributed by atoms with Gasteiger partial charge in [-0.25, -0.2) is 9.97 Å². The number of aromatic nitrogens is 2. The van der Waals surface area contributed by atoms with Crippen molar-refractivity contribution >= 4 is 11.8 Å². The van der Waals surface area contributed by atoms with Crippen molar-refractivity contribution in [1.29, 1.82) is 0 Å². The van der Waals surface area contributed by atoms with Crippen molar-refractivity contribution in [1.82, 2.24) is 19.8 Å². The van der Waals surface area contributed by atoms with E-state index in [1.807, 2.05) is 41.4 Å². The summed E-state index contributed by atoms with van der Waals surface area (Å²) in [5, 5.41) is 0. The van der Waals surface area contributed by atoms with Crippen LogP contribution in [0.5, 0.6) is 0 Å². The van der Waals surface area contributed by atoms with Crippen molar-refractivity contribution in [3.8, 4) is 11.4 Å². The second-order valence-corrected chi connectivity index (χ2v) is 9.57. The molecule has 0 N–H and O–H groups in total. The maximum absolute atomic E-state index is 13.1. The highest BCUT2D eigenvalue weighted by molar-refractivity contribution is 5.78. The molecule has 3 heterocycles. The second kappa shape index (κ2) is 9.00. The number of piperidine rings is 2. The minimum absolute atomic E-state index is 0.0431. The molecule has 0 saturated carbocycles. The number of carbonyl (C=O) groups excluding carboxylic acids is 2. The summed E-state index contributed by atoms with van der Waals surface area (Å²) in [7, 11) is 0. The van der Waals surface area contributed by atoms with Crippen LogP contribution in [-0.4, -0.2) is 57.8 Å². The fraction of sp³-hybridized carbons (Fsp3) is 0.538. The number of aryl methyl sites for hydroxylation is 1. The minimum atomic E-state index is -0.0431. The Bertz CT molecular complexity index is 989. The molecule has 3 aliphatic rings. The van der Waals surface area contributed by atoms with E-state index in [1.165, 1.54) is 5.56 Å². The van der Waals surface area contributed by atoms with E-state index in [2.05, 4.69) is 9.88 Å². The Morgan fingerprint density at radius 3 is 2.75 bits per heavy atom. The van der Waals surface area contributed by atoms with Gasteiger partial charge < -0.3 is 9.80 Å². The number of likely N-dealkylation sites (tertiary alicyclic amines) is 2. The largest absolute Gasteiger partial charge is 0.343 e. The quantitative estimate of drug-likeness (QED) is 0.722. The van der Waals surface area contributed by atoms with Crippen molar-refractivity contribution in [2.75, 3.05) is 26.2 Å². The standard InChI is InChI=1S/C26H32N4O2/c31-22-10-4-5-15-29(22)16-6-11-23(32)30-17-7-13-26(19-30)14-12-21-18-27-25(28-24(21)26)20-8-2-1-3-9-20/h1-3,8-9,18H,4-7,10-17,19H2. The first kappa shape index (κ1) is 21.1. The zero-order valence-corrected chi connectivity index (χ0v) is 18.8. The molecule has 2 fully saturated rings. The highest BCUT2D eigenvalue weighted by Crippen LogP contribution is 2.44. The third-order valence-electron chi connectivity index (χ3n) is 7.44. The molecule has 1 spiro atoms. The van der Waals surface area contributed by atoms with Crippen LogP contribution in [-0.2, 0) is 21.4 Å². The van der Waals surface area contributed by atoms with Crippen LogP contribution in [0.3, 0.4) is 0 Å². The predicted molar refractivity (Wildman–Crippen MR) is 123 cm³/mol. The minimum Gasteiger partial charge on any atom is -0.343 e. The first-order chi connectivity index (χ1) is 15.6. The molecule has 6 heteroatoms. The third kappa shape index (κ3) is 4.15. The van der Waals surface area contributed by atoms with E-state index in [0.29, 0.717) is 19.4 Å². The summed E-state index contributed by atoms with van der Waals surface area (Å²) in [5.41, 5.74) is 3.39. The summed E-state index contributed by atoms with van der Waals surface area (Å²) in [6.45, 7) is 3.14. The number of rotatable bonds is 5. The molecular formula is C26H32N4O2. The number of fused-ring (bicyclic) bond motifs is 2. The van der Waals surface area contributed by atoms with Crippen LogP contribution in [0, 0.1) is 0 Å². The molecule has 0 bridgehead atoms. The van der Waals surface area contributed by atoms with Crippen LogP contribution >= 0.6 is 0 Å². The maximum atomic E-state index is 13.1. The Morgan fingerprint density at radius 2 is 1.91 bits per heavy atom. The van der Waals surface area contributed by atoms with Gasteiger partial charge in [-0.3, -0.25) is 9.59 Å². The van der Waals surface area contributed by atoms with Crippen LogP contribution in [0.1, 0.15) is 62.6 Å². The van der Waals surface area contributed by atoms with Gasteiger partial charge >= 0.3 is 0 Å². The molecule has 0 radical (unpaired) electrons. The highest BCUT2D eigenvalue weighted by atomic mass is 16.2. The zero-order valence-electron chi connectivity index (χ0n) is 18.8. The first-order valence-electron chi connectivity index (χ1n) is 12.1. The molecule has 2 amide bonds. The molecular weight excluding hydrogens is 400 g/mol. The van der Waals surface area contributed by atoms with Gasteiger partial charge in [0.05, 0.1) is 5.69 Å². The third-order valence-corrected chi connectivity index (χ3v) is 7.44. The van der Waals surface area contributed by atoms with E-state index < -0.39 is 0 Å². The Balaban J connectivity index is 1.26. The van der Waals surface area contributed by atoms with Crippen molar-refractivity contribution < 1.29 is 9.59 Å². The molecule has 2 aromatic rings. The lowest BCUT2D eigenvalue weighted by atomic mass is 9.77. The van der Waals surface area contributed by atoms with Gasteiger partial charge in [0.25, 0.3) is 0 Å². The van der Waals surface area contributed by atoms with Crippen LogP contribution < -0.4 is 0 Å². The van der Waals surface area contributed by atoms with Crippen LogP contribution in [0.15, 0.2) is 36.5 Å². The summed E-state index contributed by atoms with van der Waals surface area (Å²) in [6, 6.07) is 10.1. The van der Waals surface area contributed by atoms with Crippen molar-refractivity contribution in [3.05, 3.63) is 47.8 Å². The van der Waals surface area contributed by atoms with Gasteiger partial charge in [0, 0.05) is 56.2 Å². The van der Waals surface area contributed by atoms with Gasteiger partial charge in [0.2, 0.25) is 11.8 Å². The lowest BCUT2D eigenvalue weighted by Crippen LogP contribution is -2.48. The molecule has 168 valence electrons. The number of amides is 2. The van der Waals surface area contributed by atoms with Crippen molar-refractivity contribution in [2.45, 2.75) is 63.2 Å². The second-order valence-electron chi connectivity index (χ2n) is 9.57. The molecule has 1 atom stereocenters. The van der Waals surface area contributed by atoms with E-state index in [1.54, 1.807) is 0 Å². The van der Waals surface area contributed by atoms with Crippen LogP contribution in [0.25, 0.3) is 11.4 Å². The monoisotopic (exact) mass is 432 g/mol. The maximum Gasteiger partial charge on any atom is 0.222 e. The molecule has 1 aliphatic carbocycles.